The van der Waals surface area contributed by atoms with Crippen molar-refractivity contribution in [2.45, 2.75) is 13.1 Å². The van der Waals surface area contributed by atoms with Gasteiger partial charge >= 0.3 is 6.03 Å². The van der Waals surface area contributed by atoms with Crippen LogP contribution in [0.25, 0.3) is 0 Å². The molecule has 2 heterocycles. The molecule has 3 rings (SSSR count). The molecule has 0 aliphatic heterocycles. The highest BCUT2D eigenvalue weighted by Crippen LogP contribution is 2.16. The van der Waals surface area contributed by atoms with E-state index in [2.05, 4.69) is 26.0 Å². The molecule has 0 saturated carbocycles. The number of nitrogens with one attached hydrogen (secondary N) is 3. The number of amides is 3. The van der Waals surface area contributed by atoms with E-state index in [4.69, 9.17) is 0 Å². The molecule has 142 valence electrons. The number of hydrogen-bond acceptors (Lipinski definition) is 5. The Hall–Kier alpha value is -3.78. The molecule has 1 aromatic carbocycles. The van der Waals surface area contributed by atoms with Crippen molar-refractivity contribution in [3.63, 3.8) is 0 Å². The Morgan fingerprint density at radius 2 is 1.57 bits per heavy atom. The van der Waals surface area contributed by atoms with Crippen LogP contribution < -0.4 is 21.1 Å². The number of aromatic nitrogens is 2. The fraction of sp³-hybridized carbons (Fsp3) is 0.100. The van der Waals surface area contributed by atoms with Gasteiger partial charge in [0.1, 0.15) is 0 Å². The number of urea groups is 1. The molecule has 3 N–H and O–H groups in total. The monoisotopic (exact) mass is 376 g/mol. The zero-order valence-corrected chi connectivity index (χ0v) is 15.1. The lowest BCUT2D eigenvalue weighted by molar-refractivity contribution is -0.108. The number of hydrazine groups is 1. The lowest BCUT2D eigenvalue weighted by atomic mass is 10.2. The molecule has 0 bridgehead atoms. The Balaban J connectivity index is 1.51. The van der Waals surface area contributed by atoms with Crippen molar-refractivity contribution in [1.82, 2.24) is 20.7 Å². The first kappa shape index (κ1) is 19.0. The van der Waals surface area contributed by atoms with Gasteiger partial charge in [0.2, 0.25) is 6.41 Å². The summed E-state index contributed by atoms with van der Waals surface area (Å²) in [5.74, 6) is 0. The Morgan fingerprint density at radius 3 is 2.14 bits per heavy atom. The number of benzene rings is 1. The van der Waals surface area contributed by atoms with Crippen molar-refractivity contribution in [3.8, 4) is 0 Å². The fourth-order valence-corrected chi connectivity index (χ4v) is 2.43. The van der Waals surface area contributed by atoms with E-state index in [9.17, 15) is 9.59 Å². The molecular formula is C20H20N6O2. The van der Waals surface area contributed by atoms with Gasteiger partial charge in [-0.15, -0.1) is 0 Å². The number of pyridine rings is 2. The molecule has 0 spiro atoms. The summed E-state index contributed by atoms with van der Waals surface area (Å²) in [6.07, 6.45) is 7.49. The van der Waals surface area contributed by atoms with Gasteiger partial charge in [-0.2, -0.15) is 0 Å². The molecule has 28 heavy (non-hydrogen) atoms. The fourth-order valence-electron chi connectivity index (χ4n) is 2.43. The first-order valence-electron chi connectivity index (χ1n) is 8.65. The lowest BCUT2D eigenvalue weighted by Crippen LogP contribution is -2.36. The molecule has 0 fully saturated rings. The summed E-state index contributed by atoms with van der Waals surface area (Å²) in [7, 11) is 0. The van der Waals surface area contributed by atoms with Gasteiger partial charge in [-0.1, -0.05) is 12.1 Å². The highest BCUT2D eigenvalue weighted by atomic mass is 16.2. The standard InChI is InChI=1S/C20H20N6O2/c27-15-26(24-14-17-4-2-10-22-12-17)19-7-5-18(6-8-19)25-20(28)23-13-16-3-1-9-21-11-16/h1-12,15,24H,13-14H2,(H2,23,25,28). The Labute approximate surface area is 162 Å². The minimum atomic E-state index is -0.321. The molecule has 0 aliphatic carbocycles. The summed E-state index contributed by atoms with van der Waals surface area (Å²) in [4.78, 5) is 31.4. The van der Waals surface area contributed by atoms with Crippen LogP contribution in [0.4, 0.5) is 16.2 Å². The topological polar surface area (TPSA) is 99.3 Å². The highest BCUT2D eigenvalue weighted by molar-refractivity contribution is 5.89. The third-order valence-electron chi connectivity index (χ3n) is 3.86. The van der Waals surface area contributed by atoms with Crippen LogP contribution in [-0.4, -0.2) is 22.4 Å². The second-order valence-corrected chi connectivity index (χ2v) is 5.89. The molecule has 3 amide bonds. The summed E-state index contributed by atoms with van der Waals surface area (Å²) in [5, 5.41) is 6.88. The first-order valence-corrected chi connectivity index (χ1v) is 8.65. The molecule has 8 heteroatoms. The van der Waals surface area contributed by atoms with Gasteiger partial charge in [-0.25, -0.2) is 15.2 Å². The highest BCUT2D eigenvalue weighted by Gasteiger charge is 2.07. The van der Waals surface area contributed by atoms with Crippen LogP contribution in [-0.2, 0) is 17.9 Å². The van der Waals surface area contributed by atoms with Gasteiger partial charge in [0, 0.05) is 43.6 Å². The Kier molecular flexibility index (Phi) is 6.64. The molecule has 8 nitrogen and oxygen atoms in total. The van der Waals surface area contributed by atoms with Gasteiger partial charge in [-0.05, 0) is 47.5 Å². The summed E-state index contributed by atoms with van der Waals surface area (Å²) in [6.45, 7) is 0.846. The van der Waals surface area contributed by atoms with Crippen molar-refractivity contribution in [2.75, 3.05) is 10.3 Å². The van der Waals surface area contributed by atoms with Gasteiger partial charge in [0.25, 0.3) is 0 Å². The van der Waals surface area contributed by atoms with Crippen LogP contribution in [0.2, 0.25) is 0 Å². The normalized spacial score (nSPS) is 10.1. The smallest absolute Gasteiger partial charge is 0.319 e. The third kappa shape index (κ3) is 5.61. The van der Waals surface area contributed by atoms with E-state index >= 15 is 0 Å². The molecule has 2 aromatic heterocycles. The van der Waals surface area contributed by atoms with Gasteiger partial charge in [-0.3, -0.25) is 14.8 Å². The lowest BCUT2D eigenvalue weighted by Gasteiger charge is -2.19. The largest absolute Gasteiger partial charge is 0.334 e. The first-order chi connectivity index (χ1) is 13.7. The van der Waals surface area contributed by atoms with Crippen molar-refractivity contribution in [3.05, 3.63) is 84.4 Å². The third-order valence-corrected chi connectivity index (χ3v) is 3.86. The summed E-state index contributed by atoms with van der Waals surface area (Å²) >= 11 is 0. The van der Waals surface area contributed by atoms with Crippen LogP contribution in [0.15, 0.2) is 73.3 Å². The maximum atomic E-state index is 12.0. The number of carbonyl (C=O) groups is 2. The van der Waals surface area contributed by atoms with E-state index in [0.717, 1.165) is 11.1 Å². The van der Waals surface area contributed by atoms with E-state index in [-0.39, 0.29) is 6.03 Å². The van der Waals surface area contributed by atoms with E-state index in [0.29, 0.717) is 30.9 Å². The van der Waals surface area contributed by atoms with Gasteiger partial charge in [0.05, 0.1) is 5.69 Å². The molecule has 0 unspecified atom stereocenters. The predicted octanol–water partition coefficient (Wildman–Crippen LogP) is 2.47. The Bertz CT molecular complexity index is 888. The average molecular weight is 376 g/mol. The van der Waals surface area contributed by atoms with Crippen LogP contribution >= 0.6 is 0 Å². The number of hydrogen-bond donors (Lipinski definition) is 3. The van der Waals surface area contributed by atoms with E-state index in [1.54, 1.807) is 49.1 Å². The number of anilines is 2. The predicted molar refractivity (Wildman–Crippen MR) is 106 cm³/mol. The second-order valence-electron chi connectivity index (χ2n) is 5.89. The van der Waals surface area contributed by atoms with Crippen molar-refractivity contribution in [1.29, 1.82) is 0 Å². The SMILES string of the molecule is O=CN(NCc1cccnc1)c1ccc(NC(=O)NCc2cccnc2)cc1. The van der Waals surface area contributed by atoms with Crippen molar-refractivity contribution >= 4 is 23.8 Å². The second kappa shape index (κ2) is 9.79. The number of carbonyl (C=O) groups excluding carboxylic acids is 2. The van der Waals surface area contributed by atoms with Gasteiger partial charge in [0.15, 0.2) is 0 Å². The van der Waals surface area contributed by atoms with Crippen molar-refractivity contribution < 1.29 is 9.59 Å². The van der Waals surface area contributed by atoms with Crippen LogP contribution in [0.5, 0.6) is 0 Å². The van der Waals surface area contributed by atoms with E-state index in [1.807, 2.05) is 24.3 Å². The maximum absolute atomic E-state index is 12.0. The van der Waals surface area contributed by atoms with E-state index in [1.165, 1.54) is 5.01 Å². The molecule has 0 saturated heterocycles. The summed E-state index contributed by atoms with van der Waals surface area (Å²) in [6, 6.07) is 14.1. The van der Waals surface area contributed by atoms with Crippen molar-refractivity contribution in [2.24, 2.45) is 0 Å². The summed E-state index contributed by atoms with van der Waals surface area (Å²) < 4.78 is 0. The zero-order valence-electron chi connectivity index (χ0n) is 15.1. The van der Waals surface area contributed by atoms with E-state index < -0.39 is 0 Å². The molecule has 0 aliphatic rings. The Morgan fingerprint density at radius 1 is 0.929 bits per heavy atom. The maximum Gasteiger partial charge on any atom is 0.319 e. The minimum Gasteiger partial charge on any atom is -0.334 e. The zero-order chi connectivity index (χ0) is 19.6. The van der Waals surface area contributed by atoms with Crippen LogP contribution in [0.1, 0.15) is 11.1 Å². The minimum absolute atomic E-state index is 0.321. The molecular weight excluding hydrogens is 356 g/mol. The van der Waals surface area contributed by atoms with Crippen LogP contribution in [0.3, 0.4) is 0 Å². The molecule has 0 atom stereocenters. The number of rotatable bonds is 8. The molecule has 3 aromatic rings. The quantitative estimate of drug-likeness (QED) is 0.414. The van der Waals surface area contributed by atoms with Gasteiger partial charge < -0.3 is 10.6 Å². The van der Waals surface area contributed by atoms with Crippen LogP contribution in [0, 0.1) is 0 Å². The summed E-state index contributed by atoms with van der Waals surface area (Å²) in [5.41, 5.74) is 6.16. The average Bonchev–Trinajstić information content (AvgIpc) is 2.75. The number of nitrogens with zero attached hydrogens (tertiary/aromatic N) is 3. The molecule has 0 radical (unpaired) electrons.